The van der Waals surface area contributed by atoms with Gasteiger partial charge in [-0.15, -0.1) is 0 Å². The van der Waals surface area contributed by atoms with Crippen LogP contribution in [0.25, 0.3) is 0 Å². The van der Waals surface area contributed by atoms with E-state index in [4.69, 9.17) is 10.5 Å². The van der Waals surface area contributed by atoms with Gasteiger partial charge >= 0.3 is 6.18 Å². The molecule has 1 saturated heterocycles. The van der Waals surface area contributed by atoms with E-state index >= 15 is 0 Å². The summed E-state index contributed by atoms with van der Waals surface area (Å²) in [7, 11) is 0. The smallest absolute Gasteiger partial charge is 0.382 e. The first-order valence-electron chi connectivity index (χ1n) is 7.24. The number of nitrogens with two attached hydrogens (primary N) is 1. The SMILES string of the molecule is Nc1nc(C(F)(F)F)c(N2CCOCC2)nc1C(=O)Nc1ccn[nH]1. The average molecular weight is 357 g/mol. The summed E-state index contributed by atoms with van der Waals surface area (Å²) in [5.41, 5.74) is 3.91. The first kappa shape index (κ1) is 17.0. The molecule has 25 heavy (non-hydrogen) atoms. The second kappa shape index (κ2) is 6.55. The molecule has 1 aliphatic heterocycles. The minimum Gasteiger partial charge on any atom is -0.382 e. The van der Waals surface area contributed by atoms with Crippen molar-refractivity contribution in [2.45, 2.75) is 6.18 Å². The molecule has 1 fully saturated rings. The van der Waals surface area contributed by atoms with E-state index in [1.807, 2.05) is 0 Å². The lowest BCUT2D eigenvalue weighted by atomic mass is 10.3. The number of nitrogen functional groups attached to an aromatic ring is 1. The first-order valence-corrected chi connectivity index (χ1v) is 7.24. The second-order valence-corrected chi connectivity index (χ2v) is 5.15. The van der Waals surface area contributed by atoms with Crippen LogP contribution in [0.1, 0.15) is 16.2 Å². The van der Waals surface area contributed by atoms with Crippen molar-refractivity contribution in [1.82, 2.24) is 20.2 Å². The third-order valence-electron chi connectivity index (χ3n) is 3.45. The average Bonchev–Trinajstić information content (AvgIpc) is 3.07. The summed E-state index contributed by atoms with van der Waals surface area (Å²) in [6.07, 6.45) is -3.36. The Morgan fingerprint density at radius 3 is 2.64 bits per heavy atom. The van der Waals surface area contributed by atoms with Gasteiger partial charge in [0.05, 0.1) is 19.4 Å². The minimum absolute atomic E-state index is 0.198. The van der Waals surface area contributed by atoms with Crippen LogP contribution in [-0.2, 0) is 10.9 Å². The number of aromatic amines is 1. The van der Waals surface area contributed by atoms with Crippen molar-refractivity contribution in [1.29, 1.82) is 0 Å². The summed E-state index contributed by atoms with van der Waals surface area (Å²) in [4.78, 5) is 20.9. The molecule has 3 heterocycles. The quantitative estimate of drug-likeness (QED) is 0.746. The lowest BCUT2D eigenvalue weighted by molar-refractivity contribution is -0.140. The molecule has 0 atom stereocenters. The van der Waals surface area contributed by atoms with Crippen LogP contribution in [0.4, 0.5) is 30.6 Å². The zero-order valence-electron chi connectivity index (χ0n) is 12.8. The zero-order valence-corrected chi connectivity index (χ0v) is 12.8. The monoisotopic (exact) mass is 357 g/mol. The van der Waals surface area contributed by atoms with Crippen LogP contribution in [0, 0.1) is 0 Å². The third-order valence-corrected chi connectivity index (χ3v) is 3.45. The summed E-state index contributed by atoms with van der Waals surface area (Å²) >= 11 is 0. The van der Waals surface area contributed by atoms with Gasteiger partial charge in [-0.1, -0.05) is 0 Å². The van der Waals surface area contributed by atoms with Gasteiger partial charge in [0.15, 0.2) is 23.0 Å². The molecule has 0 saturated carbocycles. The van der Waals surface area contributed by atoms with Gasteiger partial charge in [0.1, 0.15) is 5.82 Å². The third kappa shape index (κ3) is 3.63. The number of nitrogens with zero attached hydrogens (tertiary/aromatic N) is 4. The van der Waals surface area contributed by atoms with Gasteiger partial charge in [-0.3, -0.25) is 9.89 Å². The molecule has 2 aromatic heterocycles. The van der Waals surface area contributed by atoms with Gasteiger partial charge < -0.3 is 20.7 Å². The van der Waals surface area contributed by atoms with Crippen LogP contribution in [0.15, 0.2) is 12.3 Å². The number of hydrogen-bond acceptors (Lipinski definition) is 7. The highest BCUT2D eigenvalue weighted by Crippen LogP contribution is 2.35. The standard InChI is InChI=1S/C13H14F3N7O2/c14-13(15,16)9-11(23-3-5-25-6-4-23)20-8(10(17)21-9)12(24)19-7-1-2-18-22-7/h1-2H,3-6H2,(H2,17,21)(H2,18,19,22,24). The van der Waals surface area contributed by atoms with Crippen LogP contribution < -0.4 is 16.0 Å². The number of anilines is 3. The number of amides is 1. The van der Waals surface area contributed by atoms with Crippen LogP contribution in [0.5, 0.6) is 0 Å². The molecule has 3 rings (SSSR count). The summed E-state index contributed by atoms with van der Waals surface area (Å²) in [6, 6.07) is 1.47. The Morgan fingerprint density at radius 2 is 2.04 bits per heavy atom. The van der Waals surface area contributed by atoms with Crippen molar-refractivity contribution < 1.29 is 22.7 Å². The molecule has 12 heteroatoms. The number of H-pyrrole nitrogens is 1. The van der Waals surface area contributed by atoms with Gasteiger partial charge in [0, 0.05) is 19.2 Å². The van der Waals surface area contributed by atoms with Crippen molar-refractivity contribution in [2.75, 3.05) is 42.3 Å². The van der Waals surface area contributed by atoms with Gasteiger partial charge in [0.2, 0.25) is 0 Å². The zero-order chi connectivity index (χ0) is 18.0. The number of rotatable bonds is 3. The fourth-order valence-corrected chi connectivity index (χ4v) is 2.30. The Morgan fingerprint density at radius 1 is 1.32 bits per heavy atom. The topological polar surface area (TPSA) is 122 Å². The number of nitrogens with one attached hydrogen (secondary N) is 2. The molecule has 0 bridgehead atoms. The van der Waals surface area contributed by atoms with Crippen LogP contribution in [0.2, 0.25) is 0 Å². The van der Waals surface area contributed by atoms with E-state index in [1.54, 1.807) is 0 Å². The maximum absolute atomic E-state index is 13.3. The van der Waals surface area contributed by atoms with E-state index in [0.717, 1.165) is 0 Å². The highest BCUT2D eigenvalue weighted by atomic mass is 19.4. The molecular weight excluding hydrogens is 343 g/mol. The molecule has 1 amide bonds. The fraction of sp³-hybridized carbons (Fsp3) is 0.385. The highest BCUT2D eigenvalue weighted by molar-refractivity contribution is 6.05. The number of halogens is 3. The summed E-state index contributed by atoms with van der Waals surface area (Å²) in [6.45, 7) is 0.893. The fourth-order valence-electron chi connectivity index (χ4n) is 2.30. The van der Waals surface area contributed by atoms with E-state index in [0.29, 0.717) is 0 Å². The van der Waals surface area contributed by atoms with Gasteiger partial charge in [-0.2, -0.15) is 18.3 Å². The molecule has 134 valence electrons. The van der Waals surface area contributed by atoms with Gasteiger partial charge in [-0.05, 0) is 0 Å². The molecule has 0 unspecified atom stereocenters. The van der Waals surface area contributed by atoms with E-state index in [-0.39, 0.29) is 32.1 Å². The van der Waals surface area contributed by atoms with Crippen molar-refractivity contribution in [2.24, 2.45) is 0 Å². The van der Waals surface area contributed by atoms with Crippen LogP contribution in [-0.4, -0.2) is 52.4 Å². The number of aromatic nitrogens is 4. The Labute approximate surface area is 139 Å². The molecule has 0 aromatic carbocycles. The molecule has 0 aliphatic carbocycles. The first-order chi connectivity index (χ1) is 11.9. The molecule has 4 N–H and O–H groups in total. The Bertz CT molecular complexity index is 758. The molecular formula is C13H14F3N7O2. The second-order valence-electron chi connectivity index (χ2n) is 5.15. The lowest BCUT2D eigenvalue weighted by Crippen LogP contribution is -2.39. The summed E-state index contributed by atoms with van der Waals surface area (Å²) in [5, 5.41) is 8.55. The molecule has 9 nitrogen and oxygen atoms in total. The number of carbonyl (C=O) groups is 1. The van der Waals surface area contributed by atoms with Gasteiger partial charge in [-0.25, -0.2) is 9.97 Å². The number of hydrogen-bond donors (Lipinski definition) is 3. The largest absolute Gasteiger partial charge is 0.437 e. The predicted octanol–water partition coefficient (Wildman–Crippen LogP) is 0.890. The highest BCUT2D eigenvalue weighted by Gasteiger charge is 2.40. The van der Waals surface area contributed by atoms with E-state index in [2.05, 4.69) is 25.5 Å². The predicted molar refractivity (Wildman–Crippen MR) is 81.0 cm³/mol. The Balaban J connectivity index is 2.00. The lowest BCUT2D eigenvalue weighted by Gasteiger charge is -2.29. The normalized spacial score (nSPS) is 15.2. The van der Waals surface area contributed by atoms with Crippen molar-refractivity contribution in [3.05, 3.63) is 23.7 Å². The van der Waals surface area contributed by atoms with E-state index in [1.165, 1.54) is 17.2 Å². The maximum Gasteiger partial charge on any atom is 0.437 e. The van der Waals surface area contributed by atoms with Crippen molar-refractivity contribution >= 4 is 23.4 Å². The molecule has 0 radical (unpaired) electrons. The maximum atomic E-state index is 13.3. The van der Waals surface area contributed by atoms with Crippen LogP contribution in [0.3, 0.4) is 0 Å². The number of alkyl halides is 3. The summed E-state index contributed by atoms with van der Waals surface area (Å²) in [5.74, 6) is -1.60. The minimum atomic E-state index is -4.76. The molecule has 1 aliphatic rings. The summed E-state index contributed by atoms with van der Waals surface area (Å²) < 4.78 is 45.0. The Kier molecular flexibility index (Phi) is 4.44. The molecule has 0 spiro atoms. The number of ether oxygens (including phenoxy) is 1. The molecule has 2 aromatic rings. The van der Waals surface area contributed by atoms with Crippen molar-refractivity contribution in [3.63, 3.8) is 0 Å². The number of morpholine rings is 1. The van der Waals surface area contributed by atoms with E-state index < -0.39 is 35.1 Å². The Hall–Kier alpha value is -2.89. The number of carbonyl (C=O) groups excluding carboxylic acids is 1. The van der Waals surface area contributed by atoms with E-state index in [9.17, 15) is 18.0 Å². The van der Waals surface area contributed by atoms with Crippen LogP contribution >= 0.6 is 0 Å². The van der Waals surface area contributed by atoms with Gasteiger partial charge in [0.25, 0.3) is 5.91 Å². The van der Waals surface area contributed by atoms with Crippen molar-refractivity contribution in [3.8, 4) is 0 Å².